The Morgan fingerprint density at radius 3 is 2.43 bits per heavy atom. The maximum absolute atomic E-state index is 12.3. The van der Waals surface area contributed by atoms with Gasteiger partial charge in [-0.1, -0.05) is 6.07 Å². The third kappa shape index (κ3) is 3.69. The van der Waals surface area contributed by atoms with Crippen LogP contribution in [0.4, 0.5) is 0 Å². The van der Waals surface area contributed by atoms with Gasteiger partial charge in [-0.15, -0.1) is 11.3 Å². The molecule has 2 aromatic rings. The molecule has 0 aliphatic carbocycles. The number of carbonyl (C=O) groups is 1. The van der Waals surface area contributed by atoms with Crippen LogP contribution in [0.25, 0.3) is 0 Å². The number of amides is 1. The molecule has 1 N–H and O–H groups in total. The van der Waals surface area contributed by atoms with Crippen molar-refractivity contribution in [3.63, 3.8) is 0 Å². The topological polar surface area (TPSA) is 66.5 Å². The zero-order valence-corrected chi connectivity index (χ0v) is 13.4. The van der Waals surface area contributed by atoms with Gasteiger partial charge in [0.15, 0.2) is 0 Å². The molecule has 0 radical (unpaired) electrons. The lowest BCUT2D eigenvalue weighted by molar-refractivity contribution is 0.0786. The van der Waals surface area contributed by atoms with Crippen LogP contribution in [0, 0.1) is 0 Å². The highest BCUT2D eigenvalue weighted by molar-refractivity contribution is 7.89. The summed E-state index contributed by atoms with van der Waals surface area (Å²) in [4.78, 5) is 15.1. The van der Waals surface area contributed by atoms with Crippen LogP contribution in [-0.4, -0.2) is 33.3 Å². The Hall–Kier alpha value is -1.70. The molecule has 21 heavy (non-hydrogen) atoms. The van der Waals surface area contributed by atoms with Gasteiger partial charge >= 0.3 is 0 Å². The summed E-state index contributed by atoms with van der Waals surface area (Å²) in [7, 11) is -0.402. The Labute approximate surface area is 128 Å². The van der Waals surface area contributed by atoms with Gasteiger partial charge in [0.05, 0.1) is 11.4 Å². The van der Waals surface area contributed by atoms with E-state index in [2.05, 4.69) is 4.72 Å². The number of carbonyl (C=O) groups excluding carboxylic acids is 1. The van der Waals surface area contributed by atoms with Crippen LogP contribution in [0.2, 0.25) is 0 Å². The van der Waals surface area contributed by atoms with E-state index in [0.29, 0.717) is 12.1 Å². The summed E-state index contributed by atoms with van der Waals surface area (Å²) in [6.45, 7) is 0.535. The molecule has 0 saturated carbocycles. The maximum Gasteiger partial charge on any atom is 0.253 e. The van der Waals surface area contributed by atoms with E-state index in [-0.39, 0.29) is 10.8 Å². The standard InChI is InChI=1S/C14H16N2O3S2/c1-15-21(18,19)13-7-5-11(6-8-13)14(17)16(2)10-12-4-3-9-20-12/h3-9,15H,10H2,1-2H3. The van der Waals surface area contributed by atoms with Crippen molar-refractivity contribution >= 4 is 27.3 Å². The predicted molar refractivity (Wildman–Crippen MR) is 82.8 cm³/mol. The first-order valence-electron chi connectivity index (χ1n) is 6.25. The van der Waals surface area contributed by atoms with Crippen LogP contribution < -0.4 is 4.72 Å². The van der Waals surface area contributed by atoms with Gasteiger partial charge in [-0.3, -0.25) is 4.79 Å². The van der Waals surface area contributed by atoms with E-state index in [0.717, 1.165) is 4.88 Å². The van der Waals surface area contributed by atoms with Gasteiger partial charge in [0.2, 0.25) is 10.0 Å². The summed E-state index contributed by atoms with van der Waals surface area (Å²) in [5.41, 5.74) is 0.462. The Kier molecular flexibility index (Phi) is 4.76. The van der Waals surface area contributed by atoms with Gasteiger partial charge in [0.25, 0.3) is 5.91 Å². The average Bonchev–Trinajstić information content (AvgIpc) is 2.99. The van der Waals surface area contributed by atoms with Crippen molar-refractivity contribution in [1.82, 2.24) is 9.62 Å². The van der Waals surface area contributed by atoms with E-state index in [1.807, 2.05) is 17.5 Å². The SMILES string of the molecule is CNS(=O)(=O)c1ccc(C(=O)N(C)Cc2cccs2)cc1. The first-order chi connectivity index (χ1) is 9.94. The molecule has 0 fully saturated rings. The largest absolute Gasteiger partial charge is 0.337 e. The maximum atomic E-state index is 12.3. The quantitative estimate of drug-likeness (QED) is 0.914. The normalized spacial score (nSPS) is 11.3. The molecule has 112 valence electrons. The summed E-state index contributed by atoms with van der Waals surface area (Å²) < 4.78 is 25.5. The third-order valence-corrected chi connectivity index (χ3v) is 5.29. The number of rotatable bonds is 5. The number of nitrogens with zero attached hydrogens (tertiary/aromatic N) is 1. The first-order valence-corrected chi connectivity index (χ1v) is 8.62. The van der Waals surface area contributed by atoms with Gasteiger partial charge in [-0.25, -0.2) is 13.1 Å². The summed E-state index contributed by atoms with van der Waals surface area (Å²) in [5, 5.41) is 1.96. The van der Waals surface area contributed by atoms with Crippen molar-refractivity contribution in [3.05, 3.63) is 52.2 Å². The molecule has 1 aromatic carbocycles. The van der Waals surface area contributed by atoms with Gasteiger partial charge in [-0.2, -0.15) is 0 Å². The molecule has 7 heteroatoms. The number of benzene rings is 1. The highest BCUT2D eigenvalue weighted by Gasteiger charge is 2.15. The summed E-state index contributed by atoms with van der Waals surface area (Å²) >= 11 is 1.59. The molecule has 0 saturated heterocycles. The Morgan fingerprint density at radius 1 is 1.24 bits per heavy atom. The lowest BCUT2D eigenvalue weighted by Gasteiger charge is -2.16. The molecular weight excluding hydrogens is 308 g/mol. The molecule has 5 nitrogen and oxygen atoms in total. The van der Waals surface area contributed by atoms with Gasteiger partial charge in [0.1, 0.15) is 0 Å². The molecular formula is C14H16N2O3S2. The minimum atomic E-state index is -3.48. The smallest absolute Gasteiger partial charge is 0.253 e. The zero-order chi connectivity index (χ0) is 15.5. The highest BCUT2D eigenvalue weighted by Crippen LogP contribution is 2.15. The molecule has 1 amide bonds. The number of thiophene rings is 1. The second-order valence-corrected chi connectivity index (χ2v) is 7.39. The van der Waals surface area contributed by atoms with Crippen LogP contribution in [0.1, 0.15) is 15.2 Å². The molecule has 0 spiro atoms. The fourth-order valence-electron chi connectivity index (χ4n) is 1.82. The Morgan fingerprint density at radius 2 is 1.90 bits per heavy atom. The highest BCUT2D eigenvalue weighted by atomic mass is 32.2. The first kappa shape index (κ1) is 15.7. The van der Waals surface area contributed by atoms with E-state index < -0.39 is 10.0 Å². The predicted octanol–water partition coefficient (Wildman–Crippen LogP) is 1.93. The fourth-order valence-corrected chi connectivity index (χ4v) is 3.31. The second-order valence-electron chi connectivity index (χ2n) is 4.47. The van der Waals surface area contributed by atoms with Crippen molar-refractivity contribution in [3.8, 4) is 0 Å². The van der Waals surface area contributed by atoms with Crippen LogP contribution in [-0.2, 0) is 16.6 Å². The zero-order valence-electron chi connectivity index (χ0n) is 11.7. The van der Waals surface area contributed by atoms with E-state index >= 15 is 0 Å². The van der Waals surface area contributed by atoms with Crippen LogP contribution in [0.5, 0.6) is 0 Å². The van der Waals surface area contributed by atoms with E-state index in [9.17, 15) is 13.2 Å². The lowest BCUT2D eigenvalue weighted by atomic mass is 10.2. The lowest BCUT2D eigenvalue weighted by Crippen LogP contribution is -2.26. The number of nitrogens with one attached hydrogen (secondary N) is 1. The molecule has 1 aromatic heterocycles. The Balaban J connectivity index is 2.13. The summed E-state index contributed by atoms with van der Waals surface area (Å²) in [5.74, 6) is -0.142. The summed E-state index contributed by atoms with van der Waals surface area (Å²) in [6, 6.07) is 9.82. The van der Waals surface area contributed by atoms with Crippen molar-refractivity contribution < 1.29 is 13.2 Å². The number of sulfonamides is 1. The monoisotopic (exact) mass is 324 g/mol. The van der Waals surface area contributed by atoms with Crippen LogP contribution in [0.15, 0.2) is 46.7 Å². The van der Waals surface area contributed by atoms with Gasteiger partial charge in [0, 0.05) is 17.5 Å². The van der Waals surface area contributed by atoms with Crippen molar-refractivity contribution in [2.45, 2.75) is 11.4 Å². The van der Waals surface area contributed by atoms with Crippen molar-refractivity contribution in [2.75, 3.05) is 14.1 Å². The fraction of sp³-hybridized carbons (Fsp3) is 0.214. The van der Waals surface area contributed by atoms with E-state index in [1.165, 1.54) is 31.3 Å². The van der Waals surface area contributed by atoms with Crippen LogP contribution >= 0.6 is 11.3 Å². The molecule has 0 atom stereocenters. The van der Waals surface area contributed by atoms with Gasteiger partial charge < -0.3 is 4.90 Å². The third-order valence-electron chi connectivity index (χ3n) is 3.00. The van der Waals surface area contributed by atoms with Crippen molar-refractivity contribution in [2.24, 2.45) is 0 Å². The van der Waals surface area contributed by atoms with Gasteiger partial charge in [-0.05, 0) is 42.8 Å². The minimum Gasteiger partial charge on any atom is -0.337 e. The molecule has 0 unspecified atom stereocenters. The molecule has 2 rings (SSSR count). The molecule has 0 aliphatic heterocycles. The number of hydrogen-bond acceptors (Lipinski definition) is 4. The minimum absolute atomic E-state index is 0.141. The molecule has 0 aliphatic rings. The van der Waals surface area contributed by atoms with Crippen molar-refractivity contribution in [1.29, 1.82) is 0 Å². The molecule has 0 bridgehead atoms. The summed E-state index contributed by atoms with van der Waals surface area (Å²) in [6.07, 6.45) is 0. The average molecular weight is 324 g/mol. The second kappa shape index (κ2) is 6.38. The van der Waals surface area contributed by atoms with Crippen LogP contribution in [0.3, 0.4) is 0 Å². The van der Waals surface area contributed by atoms with E-state index in [1.54, 1.807) is 23.3 Å². The van der Waals surface area contributed by atoms with E-state index in [4.69, 9.17) is 0 Å². The Bertz CT molecular complexity index is 707. The molecule has 1 heterocycles. The number of hydrogen-bond donors (Lipinski definition) is 1.